The van der Waals surface area contributed by atoms with E-state index in [0.717, 1.165) is 5.92 Å². The lowest BCUT2D eigenvalue weighted by Crippen LogP contribution is -2.16. The van der Waals surface area contributed by atoms with Gasteiger partial charge >= 0.3 is 0 Å². The average Bonchev–Trinajstić information content (AvgIpc) is 2.41. The third-order valence-corrected chi connectivity index (χ3v) is 3.24. The van der Waals surface area contributed by atoms with E-state index in [1.165, 1.54) is 6.42 Å². The average molecular weight is 150 g/mol. The second kappa shape index (κ2) is 2.20. The maximum Gasteiger partial charge on any atom is 0.159 e. The van der Waals surface area contributed by atoms with Crippen LogP contribution >= 0.6 is 0 Å². The van der Waals surface area contributed by atoms with Gasteiger partial charge in [0.2, 0.25) is 0 Å². The zero-order valence-electron chi connectivity index (χ0n) is 7.08. The van der Waals surface area contributed by atoms with Crippen LogP contribution < -0.4 is 0 Å². The summed E-state index contributed by atoms with van der Waals surface area (Å²) in [6, 6.07) is 0. The third-order valence-electron chi connectivity index (χ3n) is 3.24. The number of carbonyl (C=O) groups is 1. The van der Waals surface area contributed by atoms with Crippen molar-refractivity contribution in [1.29, 1.82) is 0 Å². The molecule has 1 nitrogen and oxygen atoms in total. The van der Waals surface area contributed by atoms with Crippen LogP contribution in [0, 0.1) is 23.7 Å². The molecule has 1 fully saturated rings. The summed E-state index contributed by atoms with van der Waals surface area (Å²) >= 11 is 0. The lowest BCUT2D eigenvalue weighted by molar-refractivity contribution is -0.118. The smallest absolute Gasteiger partial charge is 0.159 e. The van der Waals surface area contributed by atoms with Gasteiger partial charge in [0.25, 0.3) is 0 Å². The largest absolute Gasteiger partial charge is 0.295 e. The van der Waals surface area contributed by atoms with Crippen LogP contribution in [0.4, 0.5) is 0 Å². The summed E-state index contributed by atoms with van der Waals surface area (Å²) in [6.45, 7) is 4.45. The number of fused-ring (bicyclic) bond motifs is 1. The Labute approximate surface area is 67.5 Å². The Hall–Kier alpha value is -0.590. The van der Waals surface area contributed by atoms with Crippen LogP contribution in [0.5, 0.6) is 0 Å². The summed E-state index contributed by atoms with van der Waals surface area (Å²) < 4.78 is 0. The zero-order chi connectivity index (χ0) is 8.01. The minimum Gasteiger partial charge on any atom is -0.295 e. The summed E-state index contributed by atoms with van der Waals surface area (Å²) in [6.07, 6.45) is 5.12. The van der Waals surface area contributed by atoms with Gasteiger partial charge in [-0.05, 0) is 30.3 Å². The molecule has 1 heteroatoms. The number of rotatable bonds is 0. The van der Waals surface area contributed by atoms with Crippen molar-refractivity contribution in [3.05, 3.63) is 12.2 Å². The molecule has 11 heavy (non-hydrogen) atoms. The van der Waals surface area contributed by atoms with Crippen LogP contribution in [-0.2, 0) is 4.79 Å². The molecule has 4 atom stereocenters. The molecule has 0 spiro atoms. The molecule has 0 heterocycles. The van der Waals surface area contributed by atoms with Crippen molar-refractivity contribution in [3.63, 3.8) is 0 Å². The Bertz CT molecular complexity index is 217. The van der Waals surface area contributed by atoms with Gasteiger partial charge in [-0.25, -0.2) is 0 Å². The molecule has 0 saturated heterocycles. The quantitative estimate of drug-likeness (QED) is 0.516. The summed E-state index contributed by atoms with van der Waals surface area (Å²) in [5.41, 5.74) is 0. The van der Waals surface area contributed by atoms with Gasteiger partial charge in [-0.2, -0.15) is 0 Å². The highest BCUT2D eigenvalue weighted by molar-refractivity contribution is 5.95. The second-order valence-corrected chi connectivity index (χ2v) is 4.05. The molecule has 0 aromatic carbocycles. The monoisotopic (exact) mass is 150 g/mol. The molecule has 0 radical (unpaired) electrons. The minimum atomic E-state index is 0.338. The Kier molecular flexibility index (Phi) is 1.41. The van der Waals surface area contributed by atoms with Crippen molar-refractivity contribution in [3.8, 4) is 0 Å². The van der Waals surface area contributed by atoms with Crippen LogP contribution in [-0.4, -0.2) is 5.78 Å². The lowest BCUT2D eigenvalue weighted by Gasteiger charge is -2.12. The van der Waals surface area contributed by atoms with E-state index in [2.05, 4.69) is 19.9 Å². The topological polar surface area (TPSA) is 17.1 Å². The fraction of sp³-hybridized carbons (Fsp3) is 0.700. The van der Waals surface area contributed by atoms with Gasteiger partial charge in [-0.1, -0.05) is 19.9 Å². The first-order valence-electron chi connectivity index (χ1n) is 4.42. The maximum atomic E-state index is 11.3. The van der Waals surface area contributed by atoms with E-state index in [1.807, 2.05) is 0 Å². The van der Waals surface area contributed by atoms with Crippen LogP contribution in [0.1, 0.15) is 20.3 Å². The van der Waals surface area contributed by atoms with E-state index < -0.39 is 0 Å². The Morgan fingerprint density at radius 2 is 2.09 bits per heavy atom. The van der Waals surface area contributed by atoms with E-state index in [1.54, 1.807) is 6.08 Å². The second-order valence-electron chi connectivity index (χ2n) is 4.05. The van der Waals surface area contributed by atoms with Crippen LogP contribution in [0.3, 0.4) is 0 Å². The molecule has 60 valence electrons. The Morgan fingerprint density at radius 1 is 1.36 bits per heavy atom. The van der Waals surface area contributed by atoms with Crippen molar-refractivity contribution >= 4 is 5.78 Å². The molecule has 1 saturated carbocycles. The Balaban J connectivity index is 2.27. The molecule has 2 aliphatic carbocycles. The van der Waals surface area contributed by atoms with E-state index in [0.29, 0.717) is 23.5 Å². The summed E-state index contributed by atoms with van der Waals surface area (Å²) in [7, 11) is 0. The number of carbonyl (C=O) groups excluding carboxylic acids is 1. The molecule has 2 rings (SSSR count). The predicted octanol–water partition coefficient (Wildman–Crippen LogP) is 2.03. The van der Waals surface area contributed by atoms with Crippen molar-refractivity contribution in [1.82, 2.24) is 0 Å². The van der Waals surface area contributed by atoms with E-state index in [-0.39, 0.29) is 0 Å². The third kappa shape index (κ3) is 0.867. The van der Waals surface area contributed by atoms with Gasteiger partial charge in [0, 0.05) is 5.92 Å². The van der Waals surface area contributed by atoms with E-state index >= 15 is 0 Å². The molecule has 0 aromatic heterocycles. The predicted molar refractivity (Wildman–Crippen MR) is 44.1 cm³/mol. The molecular weight excluding hydrogens is 136 g/mol. The number of ketones is 1. The molecule has 0 aromatic rings. The van der Waals surface area contributed by atoms with Crippen molar-refractivity contribution in [2.24, 2.45) is 23.7 Å². The molecule has 0 aliphatic heterocycles. The zero-order valence-corrected chi connectivity index (χ0v) is 7.08. The molecule has 0 amide bonds. The normalized spacial score (nSPS) is 48.4. The summed E-state index contributed by atoms with van der Waals surface area (Å²) in [5.74, 6) is 2.60. The van der Waals surface area contributed by atoms with Gasteiger partial charge in [-0.3, -0.25) is 4.79 Å². The van der Waals surface area contributed by atoms with E-state index in [9.17, 15) is 4.79 Å². The highest BCUT2D eigenvalue weighted by Gasteiger charge is 2.43. The van der Waals surface area contributed by atoms with Gasteiger partial charge < -0.3 is 0 Å². The van der Waals surface area contributed by atoms with Gasteiger partial charge in [0.05, 0.1) is 0 Å². The fourth-order valence-electron chi connectivity index (χ4n) is 2.72. The molecule has 4 unspecified atom stereocenters. The molecular formula is C10H14O. The SMILES string of the molecule is CC1CC(C)C2C(=O)C=CC12. The first-order valence-corrected chi connectivity index (χ1v) is 4.42. The number of hydrogen-bond acceptors (Lipinski definition) is 1. The highest BCUT2D eigenvalue weighted by Crippen LogP contribution is 2.45. The number of allylic oxidation sites excluding steroid dienone is 2. The van der Waals surface area contributed by atoms with E-state index in [4.69, 9.17) is 0 Å². The molecule has 2 aliphatic rings. The Morgan fingerprint density at radius 3 is 2.73 bits per heavy atom. The van der Waals surface area contributed by atoms with Crippen LogP contribution in [0.15, 0.2) is 12.2 Å². The maximum absolute atomic E-state index is 11.3. The minimum absolute atomic E-state index is 0.338. The first-order chi connectivity index (χ1) is 5.20. The lowest BCUT2D eigenvalue weighted by atomic mass is 9.90. The fourth-order valence-corrected chi connectivity index (χ4v) is 2.72. The number of hydrogen-bond donors (Lipinski definition) is 0. The van der Waals surface area contributed by atoms with Crippen molar-refractivity contribution in [2.45, 2.75) is 20.3 Å². The van der Waals surface area contributed by atoms with Gasteiger partial charge in [0.1, 0.15) is 0 Å². The highest BCUT2D eigenvalue weighted by atomic mass is 16.1. The summed E-state index contributed by atoms with van der Waals surface area (Å²) in [4.78, 5) is 11.3. The van der Waals surface area contributed by atoms with Crippen LogP contribution in [0.2, 0.25) is 0 Å². The van der Waals surface area contributed by atoms with Crippen molar-refractivity contribution < 1.29 is 4.79 Å². The van der Waals surface area contributed by atoms with Crippen molar-refractivity contribution in [2.75, 3.05) is 0 Å². The molecule has 0 N–H and O–H groups in total. The van der Waals surface area contributed by atoms with Gasteiger partial charge in [-0.15, -0.1) is 0 Å². The standard InChI is InChI=1S/C10H14O/c1-6-5-7(2)10-8(6)3-4-9(10)11/h3-4,6-8,10H,5H2,1-2H3. The van der Waals surface area contributed by atoms with Crippen LogP contribution in [0.25, 0.3) is 0 Å². The van der Waals surface area contributed by atoms with Gasteiger partial charge in [0.15, 0.2) is 5.78 Å². The summed E-state index contributed by atoms with van der Waals surface area (Å²) in [5, 5.41) is 0. The first kappa shape index (κ1) is 7.08. The molecule has 0 bridgehead atoms.